The SMILES string of the molecule is CCOC(=O)CC(=N)C(N)=O. The summed E-state index contributed by atoms with van der Waals surface area (Å²) in [6.45, 7) is 1.89. The summed E-state index contributed by atoms with van der Waals surface area (Å²) in [6, 6.07) is 0. The third-order valence-electron chi connectivity index (χ3n) is 0.924. The molecule has 0 heterocycles. The van der Waals surface area contributed by atoms with E-state index in [1.807, 2.05) is 0 Å². The van der Waals surface area contributed by atoms with E-state index in [0.29, 0.717) is 0 Å². The number of carbonyl (C=O) groups excluding carboxylic acids is 2. The highest BCUT2D eigenvalue weighted by atomic mass is 16.5. The monoisotopic (exact) mass is 158 g/mol. The molecule has 0 aliphatic heterocycles. The van der Waals surface area contributed by atoms with Gasteiger partial charge in [-0.3, -0.25) is 15.0 Å². The van der Waals surface area contributed by atoms with Crippen LogP contribution in [0.25, 0.3) is 0 Å². The number of amides is 1. The van der Waals surface area contributed by atoms with Crippen LogP contribution in [0.15, 0.2) is 0 Å². The maximum absolute atomic E-state index is 10.6. The molecular weight excluding hydrogens is 148 g/mol. The zero-order chi connectivity index (χ0) is 8.85. The Bertz CT molecular complexity index is 188. The number of hydrogen-bond donors (Lipinski definition) is 2. The summed E-state index contributed by atoms with van der Waals surface area (Å²) in [6.07, 6.45) is -0.344. The van der Waals surface area contributed by atoms with Crippen LogP contribution in [0.1, 0.15) is 13.3 Å². The lowest BCUT2D eigenvalue weighted by Gasteiger charge is -1.99. The van der Waals surface area contributed by atoms with E-state index < -0.39 is 17.6 Å². The molecule has 5 heteroatoms. The van der Waals surface area contributed by atoms with E-state index in [4.69, 9.17) is 11.1 Å². The Balaban J connectivity index is 3.76. The molecule has 5 nitrogen and oxygen atoms in total. The van der Waals surface area contributed by atoms with Crippen LogP contribution in [-0.4, -0.2) is 24.2 Å². The Morgan fingerprint density at radius 3 is 2.45 bits per heavy atom. The largest absolute Gasteiger partial charge is 0.466 e. The number of rotatable bonds is 4. The number of primary amides is 1. The molecule has 0 aliphatic carbocycles. The fourth-order valence-corrected chi connectivity index (χ4v) is 0.443. The van der Waals surface area contributed by atoms with Crippen molar-refractivity contribution >= 4 is 17.6 Å². The van der Waals surface area contributed by atoms with E-state index in [0.717, 1.165) is 0 Å². The first-order chi connectivity index (χ1) is 5.07. The minimum atomic E-state index is -0.891. The molecule has 0 aromatic rings. The van der Waals surface area contributed by atoms with Crippen molar-refractivity contribution in [3.63, 3.8) is 0 Å². The van der Waals surface area contributed by atoms with Crippen LogP contribution < -0.4 is 5.73 Å². The first-order valence-electron chi connectivity index (χ1n) is 3.10. The number of ether oxygens (including phenoxy) is 1. The highest BCUT2D eigenvalue weighted by Crippen LogP contribution is 1.87. The lowest BCUT2D eigenvalue weighted by molar-refractivity contribution is -0.141. The fraction of sp³-hybridized carbons (Fsp3) is 0.500. The predicted molar refractivity (Wildman–Crippen MR) is 38.2 cm³/mol. The van der Waals surface area contributed by atoms with Crippen LogP contribution in [0.2, 0.25) is 0 Å². The van der Waals surface area contributed by atoms with Gasteiger partial charge in [0.2, 0.25) is 0 Å². The van der Waals surface area contributed by atoms with Crippen molar-refractivity contribution in [3.8, 4) is 0 Å². The van der Waals surface area contributed by atoms with Gasteiger partial charge in [-0.25, -0.2) is 0 Å². The van der Waals surface area contributed by atoms with Gasteiger partial charge in [-0.2, -0.15) is 0 Å². The van der Waals surface area contributed by atoms with E-state index >= 15 is 0 Å². The average Bonchev–Trinajstić information content (AvgIpc) is 1.87. The lowest BCUT2D eigenvalue weighted by Crippen LogP contribution is -2.25. The predicted octanol–water partition coefficient (Wildman–Crippen LogP) is -0.555. The van der Waals surface area contributed by atoms with E-state index in [9.17, 15) is 9.59 Å². The van der Waals surface area contributed by atoms with Crippen molar-refractivity contribution in [1.29, 1.82) is 5.41 Å². The van der Waals surface area contributed by atoms with Gasteiger partial charge in [-0.15, -0.1) is 0 Å². The van der Waals surface area contributed by atoms with E-state index in [2.05, 4.69) is 4.74 Å². The second-order valence-electron chi connectivity index (χ2n) is 1.82. The van der Waals surface area contributed by atoms with E-state index in [1.54, 1.807) is 6.92 Å². The summed E-state index contributed by atoms with van der Waals surface area (Å²) in [5.41, 5.74) is 4.28. The molecule has 1 amide bonds. The molecule has 62 valence electrons. The van der Waals surface area contributed by atoms with Crippen molar-refractivity contribution in [3.05, 3.63) is 0 Å². The van der Waals surface area contributed by atoms with Gasteiger partial charge in [0.1, 0.15) is 5.71 Å². The Labute approximate surface area is 64.0 Å². The maximum Gasteiger partial charge on any atom is 0.312 e. The average molecular weight is 158 g/mol. The van der Waals surface area contributed by atoms with Gasteiger partial charge in [0.25, 0.3) is 5.91 Å². The van der Waals surface area contributed by atoms with E-state index in [1.165, 1.54) is 0 Å². The number of nitrogens with one attached hydrogen (secondary N) is 1. The van der Waals surface area contributed by atoms with Gasteiger partial charge in [0, 0.05) is 0 Å². The first-order valence-corrected chi connectivity index (χ1v) is 3.10. The van der Waals surface area contributed by atoms with Gasteiger partial charge in [0.05, 0.1) is 13.0 Å². The number of carbonyl (C=O) groups is 2. The summed E-state index contributed by atoms with van der Waals surface area (Å²) in [5.74, 6) is -1.49. The van der Waals surface area contributed by atoms with Crippen LogP contribution in [0.3, 0.4) is 0 Å². The lowest BCUT2D eigenvalue weighted by atomic mass is 10.2. The highest BCUT2D eigenvalue weighted by molar-refractivity contribution is 6.39. The van der Waals surface area contributed by atoms with Crippen molar-refractivity contribution < 1.29 is 14.3 Å². The topological polar surface area (TPSA) is 93.2 Å². The minimum Gasteiger partial charge on any atom is -0.466 e. The highest BCUT2D eigenvalue weighted by Gasteiger charge is 2.10. The van der Waals surface area contributed by atoms with Gasteiger partial charge >= 0.3 is 5.97 Å². The summed E-state index contributed by atoms with van der Waals surface area (Å²) in [7, 11) is 0. The van der Waals surface area contributed by atoms with E-state index in [-0.39, 0.29) is 13.0 Å². The Kier molecular flexibility index (Phi) is 3.87. The van der Waals surface area contributed by atoms with Gasteiger partial charge < -0.3 is 10.5 Å². The quantitative estimate of drug-likeness (QED) is 0.424. The smallest absolute Gasteiger partial charge is 0.312 e. The number of esters is 1. The molecule has 0 aromatic carbocycles. The van der Waals surface area contributed by atoms with Crippen LogP contribution in [0, 0.1) is 5.41 Å². The molecule has 0 rings (SSSR count). The van der Waals surface area contributed by atoms with Crippen LogP contribution in [0.5, 0.6) is 0 Å². The fourth-order valence-electron chi connectivity index (χ4n) is 0.443. The summed E-state index contributed by atoms with van der Waals surface area (Å²) in [4.78, 5) is 20.8. The molecule has 0 aliphatic rings. The van der Waals surface area contributed by atoms with Crippen molar-refractivity contribution in [2.75, 3.05) is 6.61 Å². The number of nitrogens with two attached hydrogens (primary N) is 1. The van der Waals surface area contributed by atoms with Crippen molar-refractivity contribution in [1.82, 2.24) is 0 Å². The molecule has 0 spiro atoms. The normalized spacial score (nSPS) is 8.82. The Morgan fingerprint density at radius 2 is 2.09 bits per heavy atom. The molecule has 0 aromatic heterocycles. The zero-order valence-electron chi connectivity index (χ0n) is 6.22. The minimum absolute atomic E-state index is 0.241. The Hall–Kier alpha value is -1.39. The molecule has 3 N–H and O–H groups in total. The summed E-state index contributed by atoms with van der Waals surface area (Å²) in [5, 5.41) is 6.88. The molecule has 0 fully saturated rings. The molecule has 0 radical (unpaired) electrons. The Morgan fingerprint density at radius 1 is 1.55 bits per heavy atom. The third kappa shape index (κ3) is 4.07. The summed E-state index contributed by atoms with van der Waals surface area (Å²) >= 11 is 0. The van der Waals surface area contributed by atoms with Crippen LogP contribution in [0.4, 0.5) is 0 Å². The molecule has 0 unspecified atom stereocenters. The molecule has 0 saturated carbocycles. The molecule has 11 heavy (non-hydrogen) atoms. The van der Waals surface area contributed by atoms with Crippen molar-refractivity contribution in [2.45, 2.75) is 13.3 Å². The molecule has 0 saturated heterocycles. The first kappa shape index (κ1) is 9.61. The molecule has 0 bridgehead atoms. The second kappa shape index (κ2) is 4.43. The third-order valence-corrected chi connectivity index (χ3v) is 0.924. The van der Waals surface area contributed by atoms with Crippen molar-refractivity contribution in [2.24, 2.45) is 5.73 Å². The van der Waals surface area contributed by atoms with Gasteiger partial charge in [0.15, 0.2) is 0 Å². The standard InChI is InChI=1S/C6H10N2O3/c1-2-11-5(9)3-4(7)6(8)10/h7H,2-3H2,1H3,(H2,8,10). The van der Waals surface area contributed by atoms with Crippen LogP contribution >= 0.6 is 0 Å². The van der Waals surface area contributed by atoms with Crippen LogP contribution in [-0.2, 0) is 14.3 Å². The van der Waals surface area contributed by atoms with Gasteiger partial charge in [-0.1, -0.05) is 0 Å². The maximum atomic E-state index is 10.6. The molecular formula is C6H10N2O3. The second-order valence-corrected chi connectivity index (χ2v) is 1.82. The zero-order valence-corrected chi connectivity index (χ0v) is 6.22. The number of hydrogen-bond acceptors (Lipinski definition) is 4. The summed E-state index contributed by atoms with van der Waals surface area (Å²) < 4.78 is 4.48. The van der Waals surface area contributed by atoms with Gasteiger partial charge in [-0.05, 0) is 6.92 Å². The molecule has 0 atom stereocenters.